The first-order valence-corrected chi connectivity index (χ1v) is 11.7. The maximum atomic E-state index is 12.6. The number of thioether (sulfide) groups is 1. The number of carbonyl (C=O) groups is 1. The predicted octanol–water partition coefficient (Wildman–Crippen LogP) is 4.13. The van der Waals surface area contributed by atoms with Crippen LogP contribution in [-0.4, -0.2) is 29.1 Å². The number of nitrogens with zero attached hydrogens (tertiary/aromatic N) is 2. The molecule has 3 aromatic rings. The Bertz CT molecular complexity index is 1200. The van der Waals surface area contributed by atoms with Crippen LogP contribution in [0.1, 0.15) is 13.8 Å². The van der Waals surface area contributed by atoms with Crippen LogP contribution in [0.4, 0.5) is 5.69 Å². The molecule has 1 heterocycles. The Hall–Kier alpha value is -1.78. The molecule has 11 heteroatoms. The Kier molecular flexibility index (Phi) is 6.45. The van der Waals surface area contributed by atoms with Crippen molar-refractivity contribution in [3.8, 4) is 0 Å². The van der Waals surface area contributed by atoms with E-state index >= 15 is 0 Å². The van der Waals surface area contributed by atoms with Gasteiger partial charge in [-0.15, -0.1) is 0 Å². The van der Waals surface area contributed by atoms with Crippen molar-refractivity contribution < 1.29 is 13.2 Å². The van der Waals surface area contributed by atoms with E-state index in [4.69, 9.17) is 28.3 Å². The van der Waals surface area contributed by atoms with Crippen molar-refractivity contribution >= 4 is 67.6 Å². The monoisotopic (exact) mass is 472 g/mol. The van der Waals surface area contributed by atoms with E-state index in [0.717, 1.165) is 5.52 Å². The zero-order chi connectivity index (χ0) is 21.3. The standard InChI is InChI=1S/C18H18Cl2N4O3S2/c1-3-24-15-8-7-11(29(21,26)27)9-14(15)23-18(24)28-10(2)17(25)22-13-6-4-5-12(19)16(13)20/h4-10H,3H2,1-2H3,(H,22,25)(H2,21,26,27)/t10-/m1/s1. The van der Waals surface area contributed by atoms with Gasteiger partial charge in [-0.1, -0.05) is 41.0 Å². The van der Waals surface area contributed by atoms with Crippen molar-refractivity contribution in [3.63, 3.8) is 0 Å². The molecule has 0 unspecified atom stereocenters. The van der Waals surface area contributed by atoms with Gasteiger partial charge >= 0.3 is 0 Å². The fourth-order valence-corrected chi connectivity index (χ4v) is 4.58. The number of benzene rings is 2. The van der Waals surface area contributed by atoms with Gasteiger partial charge in [0.25, 0.3) is 0 Å². The lowest BCUT2D eigenvalue weighted by Gasteiger charge is -2.13. The van der Waals surface area contributed by atoms with Crippen molar-refractivity contribution in [1.82, 2.24) is 9.55 Å². The number of hydrogen-bond donors (Lipinski definition) is 2. The van der Waals surface area contributed by atoms with Crippen LogP contribution in [0.15, 0.2) is 46.5 Å². The molecule has 0 saturated heterocycles. The molecule has 3 N–H and O–H groups in total. The van der Waals surface area contributed by atoms with Gasteiger partial charge in [0.15, 0.2) is 5.16 Å². The second kappa shape index (κ2) is 8.53. The Morgan fingerprint density at radius 1 is 1.31 bits per heavy atom. The molecule has 0 saturated carbocycles. The summed E-state index contributed by atoms with van der Waals surface area (Å²) in [4.78, 5) is 17.1. The number of anilines is 1. The summed E-state index contributed by atoms with van der Waals surface area (Å²) in [7, 11) is -3.83. The highest BCUT2D eigenvalue weighted by Gasteiger charge is 2.21. The molecule has 1 atom stereocenters. The number of aryl methyl sites for hydroxylation is 1. The fraction of sp³-hybridized carbons (Fsp3) is 0.222. The minimum absolute atomic E-state index is 0.0105. The highest BCUT2D eigenvalue weighted by atomic mass is 35.5. The average Bonchev–Trinajstić information content (AvgIpc) is 3.00. The maximum absolute atomic E-state index is 12.6. The van der Waals surface area contributed by atoms with Gasteiger partial charge in [0.2, 0.25) is 15.9 Å². The van der Waals surface area contributed by atoms with Crippen molar-refractivity contribution in [1.29, 1.82) is 0 Å². The first-order valence-electron chi connectivity index (χ1n) is 8.56. The number of hydrogen-bond acceptors (Lipinski definition) is 5. The largest absolute Gasteiger partial charge is 0.324 e. The van der Waals surface area contributed by atoms with Gasteiger partial charge in [0.1, 0.15) is 0 Å². The van der Waals surface area contributed by atoms with Crippen LogP contribution in [0.3, 0.4) is 0 Å². The lowest BCUT2D eigenvalue weighted by molar-refractivity contribution is -0.115. The number of halogens is 2. The summed E-state index contributed by atoms with van der Waals surface area (Å²) in [6.45, 7) is 4.28. The molecular formula is C18H18Cl2N4O3S2. The fourth-order valence-electron chi connectivity index (χ4n) is 2.71. The van der Waals surface area contributed by atoms with E-state index in [1.165, 1.54) is 23.9 Å². The molecule has 0 aliphatic heterocycles. The van der Waals surface area contributed by atoms with Crippen LogP contribution >= 0.6 is 35.0 Å². The number of primary sulfonamides is 1. The highest BCUT2D eigenvalue weighted by Crippen LogP contribution is 2.32. The number of sulfonamides is 1. The summed E-state index contributed by atoms with van der Waals surface area (Å²) >= 11 is 13.4. The normalized spacial score (nSPS) is 12.9. The zero-order valence-electron chi connectivity index (χ0n) is 15.5. The number of nitrogens with two attached hydrogens (primary N) is 1. The number of imidazole rings is 1. The van der Waals surface area contributed by atoms with Crippen LogP contribution in [-0.2, 0) is 21.4 Å². The molecular weight excluding hydrogens is 455 g/mol. The molecule has 2 aromatic carbocycles. The molecule has 7 nitrogen and oxygen atoms in total. The van der Waals surface area contributed by atoms with Crippen molar-refractivity contribution in [2.24, 2.45) is 5.14 Å². The summed E-state index contributed by atoms with van der Waals surface area (Å²) in [5, 5.41) is 8.68. The van der Waals surface area contributed by atoms with Crippen molar-refractivity contribution in [3.05, 3.63) is 46.4 Å². The number of amides is 1. The lowest BCUT2D eigenvalue weighted by Crippen LogP contribution is -2.23. The van der Waals surface area contributed by atoms with Gasteiger partial charge in [-0.3, -0.25) is 4.79 Å². The van der Waals surface area contributed by atoms with Crippen LogP contribution in [0.25, 0.3) is 11.0 Å². The minimum atomic E-state index is -3.83. The number of aromatic nitrogens is 2. The smallest absolute Gasteiger partial charge is 0.238 e. The lowest BCUT2D eigenvalue weighted by atomic mass is 10.3. The Labute approximate surface area is 182 Å². The molecule has 0 aliphatic carbocycles. The van der Waals surface area contributed by atoms with Gasteiger partial charge in [0.05, 0.1) is 36.9 Å². The quantitative estimate of drug-likeness (QED) is 0.524. The summed E-state index contributed by atoms with van der Waals surface area (Å²) in [6.07, 6.45) is 0. The third-order valence-corrected chi connectivity index (χ3v) is 7.01. The van der Waals surface area contributed by atoms with Gasteiger partial charge in [0, 0.05) is 6.54 Å². The van der Waals surface area contributed by atoms with E-state index in [9.17, 15) is 13.2 Å². The summed E-state index contributed by atoms with van der Waals surface area (Å²) in [5.74, 6) is -0.265. The maximum Gasteiger partial charge on any atom is 0.238 e. The molecule has 0 spiro atoms. The average molecular weight is 473 g/mol. The summed E-state index contributed by atoms with van der Waals surface area (Å²) in [5.41, 5.74) is 1.68. The molecule has 154 valence electrons. The van der Waals surface area contributed by atoms with Gasteiger partial charge in [-0.2, -0.15) is 0 Å². The first kappa shape index (κ1) is 21.9. The van der Waals surface area contributed by atoms with Gasteiger partial charge in [-0.05, 0) is 44.2 Å². The van der Waals surface area contributed by atoms with Crippen molar-refractivity contribution in [2.75, 3.05) is 5.32 Å². The van der Waals surface area contributed by atoms with E-state index in [1.54, 1.807) is 31.2 Å². The number of nitrogens with one attached hydrogen (secondary N) is 1. The first-order chi connectivity index (χ1) is 13.6. The predicted molar refractivity (Wildman–Crippen MR) is 117 cm³/mol. The van der Waals surface area contributed by atoms with Crippen LogP contribution in [0, 0.1) is 0 Å². The summed E-state index contributed by atoms with van der Waals surface area (Å²) in [6, 6.07) is 9.53. The molecule has 0 aliphatic rings. The van der Waals surface area contributed by atoms with Crippen molar-refractivity contribution in [2.45, 2.75) is 35.7 Å². The molecule has 0 fully saturated rings. The Morgan fingerprint density at radius 3 is 2.69 bits per heavy atom. The molecule has 0 radical (unpaired) electrons. The molecule has 1 amide bonds. The molecule has 3 rings (SSSR count). The molecule has 1 aromatic heterocycles. The van der Waals surface area contributed by atoms with E-state index in [2.05, 4.69) is 10.3 Å². The third kappa shape index (κ3) is 4.70. The van der Waals surface area contributed by atoms with Crippen LogP contribution < -0.4 is 10.5 Å². The molecule has 29 heavy (non-hydrogen) atoms. The highest BCUT2D eigenvalue weighted by molar-refractivity contribution is 8.00. The number of fused-ring (bicyclic) bond motifs is 1. The van der Waals surface area contributed by atoms with E-state index < -0.39 is 15.3 Å². The van der Waals surface area contributed by atoms with Crippen LogP contribution in [0.2, 0.25) is 10.0 Å². The second-order valence-electron chi connectivity index (χ2n) is 6.18. The number of carbonyl (C=O) groups excluding carboxylic acids is 1. The van der Waals surface area contributed by atoms with Crippen LogP contribution in [0.5, 0.6) is 0 Å². The Balaban J connectivity index is 1.86. The SMILES string of the molecule is CCn1c(S[C@H](C)C(=O)Nc2cccc(Cl)c2Cl)nc2cc(S(N)(=O)=O)ccc21. The zero-order valence-corrected chi connectivity index (χ0v) is 18.7. The van der Waals surface area contributed by atoms with E-state index in [-0.39, 0.29) is 15.8 Å². The Morgan fingerprint density at radius 2 is 2.03 bits per heavy atom. The molecule has 0 bridgehead atoms. The topological polar surface area (TPSA) is 107 Å². The number of rotatable bonds is 6. The van der Waals surface area contributed by atoms with Gasteiger partial charge in [-0.25, -0.2) is 18.5 Å². The van der Waals surface area contributed by atoms with Gasteiger partial charge < -0.3 is 9.88 Å². The summed E-state index contributed by atoms with van der Waals surface area (Å²) < 4.78 is 25.1. The van der Waals surface area contributed by atoms with E-state index in [0.29, 0.717) is 27.9 Å². The minimum Gasteiger partial charge on any atom is -0.324 e. The third-order valence-electron chi connectivity index (χ3n) is 4.19. The van der Waals surface area contributed by atoms with E-state index in [1.807, 2.05) is 11.5 Å². The second-order valence-corrected chi connectivity index (χ2v) is 9.84.